The van der Waals surface area contributed by atoms with Gasteiger partial charge in [-0.1, -0.05) is 6.42 Å². The summed E-state index contributed by atoms with van der Waals surface area (Å²) in [4.78, 5) is 15.9. The van der Waals surface area contributed by atoms with Crippen molar-refractivity contribution in [2.45, 2.75) is 19.3 Å². The van der Waals surface area contributed by atoms with Crippen molar-refractivity contribution in [2.75, 3.05) is 25.1 Å². The lowest BCUT2D eigenvalue weighted by molar-refractivity contribution is 0.0524. The van der Waals surface area contributed by atoms with Crippen LogP contribution in [0.4, 0.5) is 5.69 Å². The van der Waals surface area contributed by atoms with Crippen LogP contribution in [-0.4, -0.2) is 30.3 Å². The summed E-state index contributed by atoms with van der Waals surface area (Å²) in [5.74, 6) is -0.430. The van der Waals surface area contributed by atoms with E-state index in [0.717, 1.165) is 25.1 Å². The van der Waals surface area contributed by atoms with Gasteiger partial charge in [0.1, 0.15) is 0 Å². The molecule has 1 heterocycles. The van der Waals surface area contributed by atoms with E-state index in [1.807, 2.05) is 19.2 Å². The smallest absolute Gasteiger partial charge is 0.408 e. The molecule has 1 aromatic heterocycles. The maximum atomic E-state index is 11.1. The van der Waals surface area contributed by atoms with Crippen molar-refractivity contribution in [3.05, 3.63) is 28.7 Å². The number of benzene rings is 1. The lowest BCUT2D eigenvalue weighted by Gasteiger charge is -2.43. The number of rotatable bonds is 4. The van der Waals surface area contributed by atoms with Gasteiger partial charge in [0.05, 0.1) is 12.1 Å². The van der Waals surface area contributed by atoms with Crippen LogP contribution in [0.2, 0.25) is 0 Å². The summed E-state index contributed by atoms with van der Waals surface area (Å²) in [6, 6.07) is 5.64. The summed E-state index contributed by atoms with van der Waals surface area (Å²) >= 11 is 0. The predicted molar refractivity (Wildman–Crippen MR) is 73.5 cm³/mol. The Bertz CT molecular complexity index is 634. The van der Waals surface area contributed by atoms with Gasteiger partial charge in [-0.2, -0.15) is 0 Å². The minimum Gasteiger partial charge on any atom is -0.408 e. The molecule has 19 heavy (non-hydrogen) atoms. The second kappa shape index (κ2) is 4.42. The Labute approximate surface area is 110 Å². The van der Waals surface area contributed by atoms with Crippen molar-refractivity contribution in [3.8, 4) is 0 Å². The van der Waals surface area contributed by atoms with Gasteiger partial charge < -0.3 is 14.4 Å². The third-order valence-electron chi connectivity index (χ3n) is 4.17. The van der Waals surface area contributed by atoms with Crippen LogP contribution in [0.5, 0.6) is 0 Å². The van der Waals surface area contributed by atoms with Crippen LogP contribution in [0.15, 0.2) is 27.4 Å². The first-order valence-corrected chi connectivity index (χ1v) is 6.57. The third kappa shape index (κ3) is 2.14. The van der Waals surface area contributed by atoms with Crippen molar-refractivity contribution in [2.24, 2.45) is 5.41 Å². The molecule has 0 radical (unpaired) electrons. The Kier molecular flexibility index (Phi) is 2.86. The number of aliphatic hydroxyl groups is 1. The maximum Gasteiger partial charge on any atom is 0.417 e. The van der Waals surface area contributed by atoms with E-state index in [-0.39, 0.29) is 12.0 Å². The van der Waals surface area contributed by atoms with E-state index >= 15 is 0 Å². The number of aliphatic hydroxyl groups excluding tert-OH is 1. The van der Waals surface area contributed by atoms with Crippen molar-refractivity contribution in [1.82, 2.24) is 4.98 Å². The maximum absolute atomic E-state index is 11.1. The zero-order valence-electron chi connectivity index (χ0n) is 11.0. The number of hydrogen-bond acceptors (Lipinski definition) is 4. The number of aromatic amines is 1. The van der Waals surface area contributed by atoms with E-state index in [4.69, 9.17) is 4.42 Å². The molecule has 5 nitrogen and oxygen atoms in total. The average Bonchev–Trinajstić information content (AvgIpc) is 2.72. The molecule has 0 unspecified atom stereocenters. The zero-order valence-corrected chi connectivity index (χ0v) is 11.0. The van der Waals surface area contributed by atoms with Gasteiger partial charge in [0.2, 0.25) is 0 Å². The summed E-state index contributed by atoms with van der Waals surface area (Å²) in [7, 11) is 2.01. The molecule has 2 N–H and O–H groups in total. The van der Waals surface area contributed by atoms with Crippen molar-refractivity contribution < 1.29 is 9.52 Å². The van der Waals surface area contributed by atoms with Crippen molar-refractivity contribution >= 4 is 16.8 Å². The van der Waals surface area contributed by atoms with E-state index in [1.165, 1.54) is 6.42 Å². The summed E-state index contributed by atoms with van der Waals surface area (Å²) in [5, 5.41) is 9.52. The van der Waals surface area contributed by atoms with Gasteiger partial charge in [-0.05, 0) is 31.0 Å². The van der Waals surface area contributed by atoms with E-state index in [0.29, 0.717) is 11.1 Å². The first kappa shape index (κ1) is 12.3. The average molecular weight is 262 g/mol. The third-order valence-corrected chi connectivity index (χ3v) is 4.17. The number of anilines is 1. The topological polar surface area (TPSA) is 69.5 Å². The standard InChI is InChI=1S/C14H18N2O3/c1-16(8-14(9-17)5-2-6-14)10-3-4-12-11(7-10)15-13(18)19-12/h3-4,7,17H,2,5-6,8-9H2,1H3,(H,15,18). The quantitative estimate of drug-likeness (QED) is 0.880. The molecule has 0 bridgehead atoms. The fraction of sp³-hybridized carbons (Fsp3) is 0.500. The second-order valence-electron chi connectivity index (χ2n) is 5.56. The van der Waals surface area contributed by atoms with E-state index in [1.54, 1.807) is 6.07 Å². The Morgan fingerprint density at radius 1 is 1.47 bits per heavy atom. The highest BCUT2D eigenvalue weighted by atomic mass is 16.4. The zero-order chi connectivity index (χ0) is 13.5. The molecule has 0 spiro atoms. The van der Waals surface area contributed by atoms with Gasteiger partial charge in [0.15, 0.2) is 5.58 Å². The lowest BCUT2D eigenvalue weighted by Crippen LogP contribution is -2.43. The SMILES string of the molecule is CN(CC1(CO)CCC1)c1ccc2oc(=O)[nH]c2c1. The number of H-pyrrole nitrogens is 1. The van der Waals surface area contributed by atoms with Crippen LogP contribution >= 0.6 is 0 Å². The molecule has 0 amide bonds. The lowest BCUT2D eigenvalue weighted by atomic mass is 9.69. The van der Waals surface area contributed by atoms with Gasteiger partial charge in [0, 0.05) is 24.7 Å². The molecule has 5 heteroatoms. The van der Waals surface area contributed by atoms with Crippen molar-refractivity contribution in [3.63, 3.8) is 0 Å². The van der Waals surface area contributed by atoms with E-state index in [2.05, 4.69) is 9.88 Å². The highest BCUT2D eigenvalue weighted by Gasteiger charge is 2.37. The molecule has 1 saturated carbocycles. The van der Waals surface area contributed by atoms with Crippen LogP contribution in [0.1, 0.15) is 19.3 Å². The predicted octanol–water partition coefficient (Wildman–Crippen LogP) is 1.72. The van der Waals surface area contributed by atoms with Crippen LogP contribution in [0.3, 0.4) is 0 Å². The van der Waals surface area contributed by atoms with Gasteiger partial charge in [-0.15, -0.1) is 0 Å². The fourth-order valence-corrected chi connectivity index (χ4v) is 2.81. The molecule has 1 aliphatic rings. The highest BCUT2D eigenvalue weighted by molar-refractivity contribution is 5.77. The van der Waals surface area contributed by atoms with Gasteiger partial charge in [0.25, 0.3) is 0 Å². The molecule has 3 rings (SSSR count). The number of aromatic nitrogens is 1. The molecule has 1 fully saturated rings. The Morgan fingerprint density at radius 2 is 2.26 bits per heavy atom. The minimum atomic E-state index is -0.430. The summed E-state index contributed by atoms with van der Waals surface area (Å²) in [5.41, 5.74) is 2.35. The van der Waals surface area contributed by atoms with Crippen LogP contribution in [-0.2, 0) is 0 Å². The Morgan fingerprint density at radius 3 is 2.89 bits per heavy atom. The van der Waals surface area contributed by atoms with Crippen molar-refractivity contribution in [1.29, 1.82) is 0 Å². The molecule has 2 aromatic rings. The van der Waals surface area contributed by atoms with E-state index in [9.17, 15) is 9.90 Å². The highest BCUT2D eigenvalue weighted by Crippen LogP contribution is 2.41. The summed E-state index contributed by atoms with van der Waals surface area (Å²) in [6.45, 7) is 1.07. The molecular weight excluding hydrogens is 244 g/mol. The van der Waals surface area contributed by atoms with Gasteiger partial charge in [-0.25, -0.2) is 4.79 Å². The molecule has 0 aliphatic heterocycles. The molecular formula is C14H18N2O3. The van der Waals surface area contributed by atoms with E-state index < -0.39 is 5.76 Å². The molecule has 1 aliphatic carbocycles. The first-order chi connectivity index (χ1) is 9.12. The number of fused-ring (bicyclic) bond motifs is 1. The largest absolute Gasteiger partial charge is 0.417 e. The fourth-order valence-electron chi connectivity index (χ4n) is 2.81. The number of hydrogen-bond donors (Lipinski definition) is 2. The molecule has 0 saturated heterocycles. The van der Waals surface area contributed by atoms with Crippen LogP contribution in [0, 0.1) is 5.41 Å². The number of nitrogens with one attached hydrogen (secondary N) is 1. The molecule has 102 valence electrons. The van der Waals surface area contributed by atoms with Crippen LogP contribution < -0.4 is 10.7 Å². The monoisotopic (exact) mass is 262 g/mol. The molecule has 0 atom stereocenters. The number of nitrogens with zero attached hydrogens (tertiary/aromatic N) is 1. The Hall–Kier alpha value is -1.75. The molecule has 1 aromatic carbocycles. The first-order valence-electron chi connectivity index (χ1n) is 6.57. The van der Waals surface area contributed by atoms with Gasteiger partial charge >= 0.3 is 5.76 Å². The second-order valence-corrected chi connectivity index (χ2v) is 5.56. The number of oxazole rings is 1. The normalized spacial score (nSPS) is 17.4. The minimum absolute atomic E-state index is 0.0491. The van der Waals surface area contributed by atoms with Gasteiger partial charge in [-0.3, -0.25) is 4.98 Å². The Balaban J connectivity index is 1.84. The summed E-state index contributed by atoms with van der Waals surface area (Å²) < 4.78 is 4.99. The summed E-state index contributed by atoms with van der Waals surface area (Å²) in [6.07, 6.45) is 3.36. The van der Waals surface area contributed by atoms with Crippen LogP contribution in [0.25, 0.3) is 11.1 Å².